The van der Waals surface area contributed by atoms with Gasteiger partial charge in [0.2, 0.25) is 0 Å². The van der Waals surface area contributed by atoms with E-state index in [4.69, 9.17) is 19.7 Å². The van der Waals surface area contributed by atoms with Gasteiger partial charge >= 0.3 is 11.9 Å². The molecule has 0 aliphatic carbocycles. The van der Waals surface area contributed by atoms with Crippen LogP contribution in [0.2, 0.25) is 0 Å². The van der Waals surface area contributed by atoms with Crippen LogP contribution in [0.5, 0.6) is 0 Å². The molecule has 2 unspecified atom stereocenters. The second-order valence-electron chi connectivity index (χ2n) is 4.67. The molecule has 2 aliphatic rings. The third-order valence-corrected chi connectivity index (χ3v) is 2.62. The summed E-state index contributed by atoms with van der Waals surface area (Å²) in [6.07, 6.45) is 1.92. The predicted molar refractivity (Wildman–Crippen MR) is 69.2 cm³/mol. The fraction of sp³-hybridized carbons (Fsp3) is 0.833. The largest absolute Gasteiger partial charge is 0.481 e. The molecule has 0 aromatic carbocycles. The zero-order chi connectivity index (χ0) is 14.8. The van der Waals surface area contributed by atoms with Gasteiger partial charge in [0.25, 0.3) is 0 Å². The lowest BCUT2D eigenvalue weighted by Gasteiger charge is -2.01. The SMILES string of the molecule is C(NNCC1CO1)C1CO1.O=C(O)CCCCC(=O)O. The number of nitrogens with one attached hydrogen (secondary N) is 2. The average Bonchev–Trinajstić information content (AvgIpc) is 3.25. The molecule has 2 aliphatic heterocycles. The Morgan fingerprint density at radius 2 is 1.25 bits per heavy atom. The summed E-state index contributed by atoms with van der Waals surface area (Å²) >= 11 is 0. The van der Waals surface area contributed by atoms with Crippen LogP contribution in [-0.2, 0) is 19.1 Å². The minimum Gasteiger partial charge on any atom is -0.481 e. The molecule has 8 heteroatoms. The Kier molecular flexibility index (Phi) is 8.12. The quantitative estimate of drug-likeness (QED) is 0.243. The smallest absolute Gasteiger partial charge is 0.303 e. The first-order valence-electron chi connectivity index (χ1n) is 6.70. The molecule has 8 nitrogen and oxygen atoms in total. The van der Waals surface area contributed by atoms with Gasteiger partial charge in [0, 0.05) is 25.9 Å². The number of epoxide rings is 2. The zero-order valence-corrected chi connectivity index (χ0v) is 11.3. The number of aliphatic carboxylic acids is 2. The summed E-state index contributed by atoms with van der Waals surface area (Å²) in [7, 11) is 0. The van der Waals surface area contributed by atoms with Gasteiger partial charge in [-0.2, -0.15) is 0 Å². The van der Waals surface area contributed by atoms with Gasteiger partial charge in [-0.3, -0.25) is 20.4 Å². The van der Waals surface area contributed by atoms with Crippen molar-refractivity contribution in [2.24, 2.45) is 0 Å². The molecule has 0 spiro atoms. The molecule has 0 aromatic heterocycles. The molecule has 2 heterocycles. The van der Waals surface area contributed by atoms with Crippen molar-refractivity contribution in [1.82, 2.24) is 10.9 Å². The van der Waals surface area contributed by atoms with Crippen LogP contribution in [0.3, 0.4) is 0 Å². The summed E-state index contributed by atoms with van der Waals surface area (Å²) in [6.45, 7) is 3.64. The van der Waals surface area contributed by atoms with Crippen molar-refractivity contribution in [2.45, 2.75) is 37.9 Å². The minimum absolute atomic E-state index is 0.0628. The van der Waals surface area contributed by atoms with E-state index in [9.17, 15) is 9.59 Å². The second kappa shape index (κ2) is 9.65. The highest BCUT2D eigenvalue weighted by molar-refractivity contribution is 5.67. The summed E-state index contributed by atoms with van der Waals surface area (Å²) in [5, 5.41) is 16.3. The Balaban J connectivity index is 0.000000200. The number of carbonyl (C=O) groups is 2. The first-order valence-corrected chi connectivity index (χ1v) is 6.70. The Bertz CT molecular complexity index is 274. The molecular formula is C12H22N2O6. The van der Waals surface area contributed by atoms with E-state index in [0.29, 0.717) is 25.0 Å². The fourth-order valence-electron chi connectivity index (χ4n) is 1.30. The maximum atomic E-state index is 9.90. The molecule has 2 rings (SSSR count). The zero-order valence-electron chi connectivity index (χ0n) is 11.3. The molecular weight excluding hydrogens is 268 g/mol. The van der Waals surface area contributed by atoms with Crippen LogP contribution < -0.4 is 10.9 Å². The molecule has 0 saturated carbocycles. The first-order chi connectivity index (χ1) is 9.58. The normalized spacial score (nSPS) is 22.6. The Hall–Kier alpha value is -1.22. The highest BCUT2D eigenvalue weighted by atomic mass is 16.6. The first kappa shape index (κ1) is 16.8. The van der Waals surface area contributed by atoms with E-state index in [-0.39, 0.29) is 12.8 Å². The molecule has 2 fully saturated rings. The molecule has 0 radical (unpaired) electrons. The number of hydrazine groups is 1. The van der Waals surface area contributed by atoms with E-state index < -0.39 is 11.9 Å². The van der Waals surface area contributed by atoms with Crippen molar-refractivity contribution >= 4 is 11.9 Å². The van der Waals surface area contributed by atoms with E-state index >= 15 is 0 Å². The second-order valence-corrected chi connectivity index (χ2v) is 4.67. The number of ether oxygens (including phenoxy) is 2. The maximum Gasteiger partial charge on any atom is 0.303 e. The maximum absolute atomic E-state index is 9.90. The van der Waals surface area contributed by atoms with Gasteiger partial charge in [-0.15, -0.1) is 0 Å². The molecule has 4 N–H and O–H groups in total. The van der Waals surface area contributed by atoms with Gasteiger partial charge in [0.05, 0.1) is 25.4 Å². The Labute approximate surface area is 117 Å². The molecule has 0 amide bonds. The standard InChI is InChI=1S/C6H12N2O2.C6H10O4/c1(5-3-9-5)7-8-2-6-4-10-6;7-5(8)3-1-2-4-6(9)10/h5-8H,1-4H2;1-4H2,(H,7,8)(H,9,10). The van der Waals surface area contributed by atoms with Crippen molar-refractivity contribution in [3.05, 3.63) is 0 Å². The van der Waals surface area contributed by atoms with Crippen LogP contribution in [-0.4, -0.2) is 60.7 Å². The van der Waals surface area contributed by atoms with Crippen LogP contribution in [0.25, 0.3) is 0 Å². The van der Waals surface area contributed by atoms with Crippen molar-refractivity contribution < 1.29 is 29.3 Å². The van der Waals surface area contributed by atoms with Crippen molar-refractivity contribution in [3.63, 3.8) is 0 Å². The van der Waals surface area contributed by atoms with E-state index in [0.717, 1.165) is 26.3 Å². The van der Waals surface area contributed by atoms with Crippen molar-refractivity contribution in [3.8, 4) is 0 Å². The predicted octanol–water partition coefficient (Wildman–Crippen LogP) is -0.406. The lowest BCUT2D eigenvalue weighted by Crippen LogP contribution is -2.37. The third kappa shape index (κ3) is 11.8. The monoisotopic (exact) mass is 290 g/mol. The number of hydrogen-bond acceptors (Lipinski definition) is 6. The van der Waals surface area contributed by atoms with E-state index in [2.05, 4.69) is 10.9 Å². The lowest BCUT2D eigenvalue weighted by atomic mass is 10.2. The van der Waals surface area contributed by atoms with Crippen molar-refractivity contribution in [1.29, 1.82) is 0 Å². The van der Waals surface area contributed by atoms with Gasteiger partial charge in [-0.25, -0.2) is 0 Å². The van der Waals surface area contributed by atoms with Crippen LogP contribution >= 0.6 is 0 Å². The minimum atomic E-state index is -0.870. The highest BCUT2D eigenvalue weighted by Crippen LogP contribution is 2.07. The Morgan fingerprint density at radius 1 is 0.900 bits per heavy atom. The topological polar surface area (TPSA) is 124 Å². The molecule has 20 heavy (non-hydrogen) atoms. The van der Waals surface area contributed by atoms with Crippen LogP contribution in [0.1, 0.15) is 25.7 Å². The van der Waals surface area contributed by atoms with Gasteiger partial charge in [-0.05, 0) is 12.8 Å². The summed E-state index contributed by atoms with van der Waals surface area (Å²) in [5.74, 6) is -1.74. The number of carboxylic acid groups (broad SMARTS) is 2. The number of unbranched alkanes of at least 4 members (excludes halogenated alkanes) is 1. The summed E-state index contributed by atoms with van der Waals surface area (Å²) in [6, 6.07) is 0. The summed E-state index contributed by atoms with van der Waals surface area (Å²) in [5.41, 5.74) is 6.13. The molecule has 0 aromatic rings. The van der Waals surface area contributed by atoms with Gasteiger partial charge in [0.1, 0.15) is 0 Å². The fourth-order valence-corrected chi connectivity index (χ4v) is 1.30. The van der Waals surface area contributed by atoms with E-state index in [1.165, 1.54) is 0 Å². The van der Waals surface area contributed by atoms with E-state index in [1.54, 1.807) is 0 Å². The number of rotatable bonds is 10. The number of hydrogen-bond donors (Lipinski definition) is 4. The summed E-state index contributed by atoms with van der Waals surface area (Å²) < 4.78 is 9.99. The van der Waals surface area contributed by atoms with Gasteiger partial charge in [-0.1, -0.05) is 0 Å². The molecule has 2 saturated heterocycles. The lowest BCUT2D eigenvalue weighted by molar-refractivity contribution is -0.139. The average molecular weight is 290 g/mol. The van der Waals surface area contributed by atoms with Crippen LogP contribution in [0.15, 0.2) is 0 Å². The third-order valence-electron chi connectivity index (χ3n) is 2.62. The number of carboxylic acids is 2. The van der Waals surface area contributed by atoms with Gasteiger partial charge in [0.15, 0.2) is 0 Å². The van der Waals surface area contributed by atoms with Crippen LogP contribution in [0, 0.1) is 0 Å². The van der Waals surface area contributed by atoms with Crippen LogP contribution in [0.4, 0.5) is 0 Å². The highest BCUT2D eigenvalue weighted by Gasteiger charge is 2.23. The molecule has 0 bridgehead atoms. The van der Waals surface area contributed by atoms with Crippen molar-refractivity contribution in [2.75, 3.05) is 26.3 Å². The molecule has 2 atom stereocenters. The van der Waals surface area contributed by atoms with E-state index in [1.807, 2.05) is 0 Å². The molecule has 116 valence electrons. The summed E-state index contributed by atoms with van der Waals surface area (Å²) in [4.78, 5) is 19.8. The Morgan fingerprint density at radius 3 is 1.50 bits per heavy atom. The van der Waals surface area contributed by atoms with Gasteiger partial charge < -0.3 is 19.7 Å².